The van der Waals surface area contributed by atoms with Crippen LogP contribution in [-0.4, -0.2) is 31.7 Å². The summed E-state index contributed by atoms with van der Waals surface area (Å²) in [6.07, 6.45) is 2.25. The molecule has 1 aliphatic rings. The Labute approximate surface area is 194 Å². The van der Waals surface area contributed by atoms with Crippen LogP contribution in [0.3, 0.4) is 0 Å². The van der Waals surface area contributed by atoms with Crippen LogP contribution in [0.2, 0.25) is 0 Å². The van der Waals surface area contributed by atoms with E-state index in [9.17, 15) is 17.6 Å². The molecule has 0 saturated carbocycles. The number of hydrogen-bond acceptors (Lipinski definition) is 3. The second-order valence-electron chi connectivity index (χ2n) is 8.18. The van der Waals surface area contributed by atoms with Gasteiger partial charge in [0, 0.05) is 19.5 Å². The van der Waals surface area contributed by atoms with Crippen molar-refractivity contribution in [3.8, 4) is 0 Å². The number of amides is 1. The lowest BCUT2D eigenvalue weighted by Crippen LogP contribution is -2.42. The number of sulfonamides is 1. The molecule has 0 bridgehead atoms. The van der Waals surface area contributed by atoms with E-state index >= 15 is 0 Å². The molecule has 0 aromatic heterocycles. The third-order valence-corrected chi connectivity index (χ3v) is 7.89. The molecule has 0 unspecified atom stereocenters. The highest BCUT2D eigenvalue weighted by molar-refractivity contribution is 7.89. The molecule has 4 rings (SSSR count). The Hall–Kier alpha value is -3.03. The van der Waals surface area contributed by atoms with E-state index in [1.807, 2.05) is 42.5 Å². The fraction of sp³-hybridized carbons (Fsp3) is 0.269. The molecular formula is C26H27FN2O3S. The highest BCUT2D eigenvalue weighted by Gasteiger charge is 2.37. The van der Waals surface area contributed by atoms with Gasteiger partial charge in [-0.05, 0) is 60.2 Å². The summed E-state index contributed by atoms with van der Waals surface area (Å²) in [5.41, 5.74) is 3.10. The number of carbonyl (C=O) groups is 1. The average Bonchev–Trinajstić information content (AvgIpc) is 2.83. The van der Waals surface area contributed by atoms with Crippen LogP contribution in [0.4, 0.5) is 4.39 Å². The summed E-state index contributed by atoms with van der Waals surface area (Å²) in [4.78, 5) is 12.8. The predicted octanol–water partition coefficient (Wildman–Crippen LogP) is 4.25. The number of hydrogen-bond donors (Lipinski definition) is 1. The van der Waals surface area contributed by atoms with Gasteiger partial charge in [-0.25, -0.2) is 12.8 Å². The van der Waals surface area contributed by atoms with Crippen molar-refractivity contribution in [3.63, 3.8) is 0 Å². The van der Waals surface area contributed by atoms with Crippen LogP contribution in [-0.2, 0) is 27.7 Å². The lowest BCUT2D eigenvalue weighted by molar-refractivity contribution is -0.122. The summed E-state index contributed by atoms with van der Waals surface area (Å²) in [5, 5.41) is 2.94. The molecular weight excluding hydrogens is 439 g/mol. The number of nitrogens with zero attached hydrogens (tertiary/aromatic N) is 1. The van der Waals surface area contributed by atoms with E-state index < -0.39 is 21.9 Å². The Balaban J connectivity index is 1.48. The molecule has 3 aromatic carbocycles. The smallest absolute Gasteiger partial charge is 0.243 e. The zero-order valence-corrected chi connectivity index (χ0v) is 19.1. The summed E-state index contributed by atoms with van der Waals surface area (Å²) < 4.78 is 41.5. The number of aryl methyl sites for hydroxylation is 1. The van der Waals surface area contributed by atoms with Gasteiger partial charge < -0.3 is 5.32 Å². The maximum Gasteiger partial charge on any atom is 0.243 e. The fourth-order valence-corrected chi connectivity index (χ4v) is 5.89. The largest absolute Gasteiger partial charge is 0.356 e. The minimum absolute atomic E-state index is 0.0246. The minimum atomic E-state index is -3.89. The van der Waals surface area contributed by atoms with Crippen LogP contribution in [0, 0.1) is 5.82 Å². The van der Waals surface area contributed by atoms with Crippen LogP contribution in [0.5, 0.6) is 0 Å². The summed E-state index contributed by atoms with van der Waals surface area (Å²) in [6.45, 7) is 0.787. The molecule has 33 heavy (non-hydrogen) atoms. The van der Waals surface area contributed by atoms with Crippen molar-refractivity contribution >= 4 is 15.9 Å². The molecule has 172 valence electrons. The van der Waals surface area contributed by atoms with Crippen LogP contribution in [0.15, 0.2) is 83.8 Å². The molecule has 0 aliphatic carbocycles. The Morgan fingerprint density at radius 2 is 1.67 bits per heavy atom. The maximum atomic E-state index is 13.4. The summed E-state index contributed by atoms with van der Waals surface area (Å²) in [7, 11) is -3.89. The summed E-state index contributed by atoms with van der Waals surface area (Å²) >= 11 is 0. The SMILES string of the molecule is O=C(C[C@@H]1c2ccccc2CCN1S(=O)(=O)c1ccc(F)cc1)NCCCc1ccccc1. The van der Waals surface area contributed by atoms with E-state index in [0.717, 1.165) is 36.1 Å². The lowest BCUT2D eigenvalue weighted by Gasteiger charge is -2.36. The van der Waals surface area contributed by atoms with Crippen molar-refractivity contribution in [3.05, 3.63) is 101 Å². The topological polar surface area (TPSA) is 66.5 Å². The van der Waals surface area contributed by atoms with Gasteiger partial charge in [-0.2, -0.15) is 4.31 Å². The standard InChI is InChI=1S/C26H27FN2O3S/c27-22-12-14-23(15-13-22)33(31,32)29-18-16-21-10-4-5-11-24(21)25(29)19-26(30)28-17-6-9-20-7-2-1-3-8-20/h1-5,7-8,10-15,25H,6,9,16-19H2,(H,28,30)/t25-/m1/s1. The second kappa shape index (κ2) is 10.3. The lowest BCUT2D eigenvalue weighted by atomic mass is 9.92. The van der Waals surface area contributed by atoms with E-state index in [0.29, 0.717) is 13.0 Å². The van der Waals surface area contributed by atoms with Crippen molar-refractivity contribution in [2.45, 2.75) is 36.6 Å². The van der Waals surface area contributed by atoms with Crippen LogP contribution >= 0.6 is 0 Å². The zero-order chi connectivity index (χ0) is 23.3. The average molecular weight is 467 g/mol. The number of carbonyl (C=O) groups excluding carboxylic acids is 1. The molecule has 0 radical (unpaired) electrons. The van der Waals surface area contributed by atoms with Gasteiger partial charge in [-0.15, -0.1) is 0 Å². The first-order chi connectivity index (χ1) is 15.9. The van der Waals surface area contributed by atoms with Gasteiger partial charge in [0.15, 0.2) is 0 Å². The quantitative estimate of drug-likeness (QED) is 0.505. The van der Waals surface area contributed by atoms with Crippen molar-refractivity contribution in [1.29, 1.82) is 0 Å². The Morgan fingerprint density at radius 3 is 2.42 bits per heavy atom. The van der Waals surface area contributed by atoms with Gasteiger partial charge in [-0.1, -0.05) is 54.6 Å². The molecule has 0 spiro atoms. The van der Waals surface area contributed by atoms with Crippen molar-refractivity contribution in [2.75, 3.05) is 13.1 Å². The van der Waals surface area contributed by atoms with E-state index in [-0.39, 0.29) is 23.8 Å². The molecule has 1 amide bonds. The number of nitrogens with one attached hydrogen (secondary N) is 1. The van der Waals surface area contributed by atoms with Gasteiger partial charge in [0.25, 0.3) is 0 Å². The Kier molecular flexibility index (Phi) is 7.20. The summed E-state index contributed by atoms with van der Waals surface area (Å²) in [5.74, 6) is -0.687. The zero-order valence-electron chi connectivity index (χ0n) is 18.3. The first kappa shape index (κ1) is 23.1. The van der Waals surface area contributed by atoms with Crippen molar-refractivity contribution < 1.29 is 17.6 Å². The molecule has 1 aliphatic heterocycles. The van der Waals surface area contributed by atoms with E-state index in [2.05, 4.69) is 17.4 Å². The first-order valence-corrected chi connectivity index (χ1v) is 12.5. The molecule has 5 nitrogen and oxygen atoms in total. The summed E-state index contributed by atoms with van der Waals surface area (Å²) in [6, 6.07) is 21.9. The van der Waals surface area contributed by atoms with Gasteiger partial charge in [0.1, 0.15) is 5.82 Å². The van der Waals surface area contributed by atoms with E-state index in [1.54, 1.807) is 0 Å². The fourth-order valence-electron chi connectivity index (χ4n) is 4.28. The molecule has 1 atom stereocenters. The number of rotatable bonds is 8. The minimum Gasteiger partial charge on any atom is -0.356 e. The number of fused-ring (bicyclic) bond motifs is 1. The van der Waals surface area contributed by atoms with Crippen LogP contribution in [0.25, 0.3) is 0 Å². The van der Waals surface area contributed by atoms with Gasteiger partial charge in [0.2, 0.25) is 15.9 Å². The van der Waals surface area contributed by atoms with Gasteiger partial charge in [0.05, 0.1) is 10.9 Å². The Bertz CT molecular complexity index is 1200. The van der Waals surface area contributed by atoms with Gasteiger partial charge >= 0.3 is 0 Å². The highest BCUT2D eigenvalue weighted by atomic mass is 32.2. The van der Waals surface area contributed by atoms with E-state index in [1.165, 1.54) is 22.0 Å². The molecule has 3 aromatic rings. The van der Waals surface area contributed by atoms with Crippen LogP contribution in [0.1, 0.15) is 35.6 Å². The third kappa shape index (κ3) is 5.49. The number of halogens is 1. The highest BCUT2D eigenvalue weighted by Crippen LogP contribution is 2.36. The molecule has 1 N–H and O–H groups in total. The maximum absolute atomic E-state index is 13.4. The van der Waals surface area contributed by atoms with Crippen molar-refractivity contribution in [1.82, 2.24) is 9.62 Å². The normalized spacial score (nSPS) is 16.2. The third-order valence-electron chi connectivity index (χ3n) is 5.97. The molecule has 0 saturated heterocycles. The van der Waals surface area contributed by atoms with Gasteiger partial charge in [-0.3, -0.25) is 4.79 Å². The Morgan fingerprint density at radius 1 is 0.970 bits per heavy atom. The molecule has 0 fully saturated rings. The number of benzene rings is 3. The van der Waals surface area contributed by atoms with Crippen LogP contribution < -0.4 is 5.32 Å². The predicted molar refractivity (Wildman–Crippen MR) is 126 cm³/mol. The van der Waals surface area contributed by atoms with E-state index in [4.69, 9.17) is 0 Å². The molecule has 1 heterocycles. The second-order valence-corrected chi connectivity index (χ2v) is 10.1. The monoisotopic (exact) mass is 466 g/mol. The molecule has 7 heteroatoms. The first-order valence-electron chi connectivity index (χ1n) is 11.1. The van der Waals surface area contributed by atoms with Crippen molar-refractivity contribution in [2.24, 2.45) is 0 Å².